The Morgan fingerprint density at radius 2 is 2.12 bits per heavy atom. The Balaban J connectivity index is 1.80. The van der Waals surface area contributed by atoms with E-state index in [2.05, 4.69) is 5.32 Å². The zero-order chi connectivity index (χ0) is 11.8. The fourth-order valence-corrected chi connectivity index (χ4v) is 3.99. The Hall–Kier alpha value is -0.620. The largest absolute Gasteiger partial charge is 0.352 e. The van der Waals surface area contributed by atoms with Crippen LogP contribution in [0.2, 0.25) is 0 Å². The minimum Gasteiger partial charge on any atom is -0.352 e. The second-order valence-electron chi connectivity index (χ2n) is 5.06. The molecule has 1 amide bonds. The third kappa shape index (κ3) is 2.74. The van der Waals surface area contributed by atoms with Crippen LogP contribution in [0.15, 0.2) is 0 Å². The van der Waals surface area contributed by atoms with E-state index < -0.39 is 9.84 Å². The lowest BCUT2D eigenvalue weighted by molar-refractivity contribution is -0.123. The first kappa shape index (κ1) is 11.9. The van der Waals surface area contributed by atoms with Gasteiger partial charge >= 0.3 is 0 Å². The third-order valence-electron chi connectivity index (χ3n) is 3.46. The standard InChI is InChI=1S/C10H18N2O3S/c11-10(3-1-4-10)6-9(13)12-8-2-5-16(14,15)7-8/h8H,1-7,11H2,(H,12,13). The summed E-state index contributed by atoms with van der Waals surface area (Å²) in [4.78, 5) is 11.6. The molecule has 1 atom stereocenters. The highest BCUT2D eigenvalue weighted by Crippen LogP contribution is 2.32. The van der Waals surface area contributed by atoms with Gasteiger partial charge in [-0.15, -0.1) is 0 Å². The van der Waals surface area contributed by atoms with E-state index in [4.69, 9.17) is 5.73 Å². The molecule has 1 aliphatic heterocycles. The van der Waals surface area contributed by atoms with E-state index in [-0.39, 0.29) is 29.0 Å². The van der Waals surface area contributed by atoms with Gasteiger partial charge in [-0.3, -0.25) is 4.79 Å². The SMILES string of the molecule is NC1(CC(=O)NC2CCS(=O)(=O)C2)CCC1. The summed E-state index contributed by atoms with van der Waals surface area (Å²) in [5, 5.41) is 2.76. The normalized spacial score (nSPS) is 30.7. The van der Waals surface area contributed by atoms with Crippen LogP contribution in [-0.2, 0) is 14.6 Å². The van der Waals surface area contributed by atoms with Gasteiger partial charge in [-0.05, 0) is 25.7 Å². The molecular formula is C10H18N2O3S. The van der Waals surface area contributed by atoms with E-state index >= 15 is 0 Å². The van der Waals surface area contributed by atoms with Gasteiger partial charge in [0.05, 0.1) is 11.5 Å². The first-order valence-electron chi connectivity index (χ1n) is 5.67. The summed E-state index contributed by atoms with van der Waals surface area (Å²) < 4.78 is 22.4. The van der Waals surface area contributed by atoms with Gasteiger partial charge in [0.25, 0.3) is 0 Å². The summed E-state index contributed by atoms with van der Waals surface area (Å²) in [6.07, 6.45) is 3.73. The van der Waals surface area contributed by atoms with Crippen molar-refractivity contribution in [2.75, 3.05) is 11.5 Å². The van der Waals surface area contributed by atoms with Crippen molar-refractivity contribution >= 4 is 15.7 Å². The summed E-state index contributed by atoms with van der Waals surface area (Å²) in [5.74, 6) is 0.159. The van der Waals surface area contributed by atoms with Crippen LogP contribution in [0.5, 0.6) is 0 Å². The number of carbonyl (C=O) groups excluding carboxylic acids is 1. The Bertz CT molecular complexity index is 387. The second kappa shape index (κ2) is 4.00. The molecule has 0 spiro atoms. The maximum atomic E-state index is 11.6. The van der Waals surface area contributed by atoms with Crippen molar-refractivity contribution in [2.45, 2.75) is 43.7 Å². The predicted octanol–water partition coefficient (Wildman–Crippen LogP) is -0.439. The van der Waals surface area contributed by atoms with Crippen molar-refractivity contribution in [3.05, 3.63) is 0 Å². The molecule has 0 aromatic rings. The van der Waals surface area contributed by atoms with Gasteiger partial charge in [-0.1, -0.05) is 0 Å². The molecule has 2 rings (SSSR count). The number of rotatable bonds is 3. The molecule has 0 aromatic carbocycles. The molecule has 3 N–H and O–H groups in total. The average molecular weight is 246 g/mol. The molecule has 0 radical (unpaired) electrons. The van der Waals surface area contributed by atoms with E-state index in [1.54, 1.807) is 0 Å². The molecule has 2 fully saturated rings. The van der Waals surface area contributed by atoms with Crippen molar-refractivity contribution in [3.63, 3.8) is 0 Å². The van der Waals surface area contributed by atoms with Gasteiger partial charge in [-0.2, -0.15) is 0 Å². The Labute approximate surface area is 95.7 Å². The molecule has 1 heterocycles. The van der Waals surface area contributed by atoms with E-state index in [0.717, 1.165) is 19.3 Å². The molecular weight excluding hydrogens is 228 g/mol. The van der Waals surface area contributed by atoms with Crippen LogP contribution < -0.4 is 11.1 Å². The van der Waals surface area contributed by atoms with Crippen molar-refractivity contribution < 1.29 is 13.2 Å². The molecule has 92 valence electrons. The van der Waals surface area contributed by atoms with Gasteiger partial charge in [0.2, 0.25) is 5.91 Å². The number of nitrogens with two attached hydrogens (primary N) is 1. The quantitative estimate of drug-likeness (QED) is 0.706. The van der Waals surface area contributed by atoms with Crippen molar-refractivity contribution in [1.82, 2.24) is 5.32 Å². The Kier molecular flexibility index (Phi) is 2.96. The van der Waals surface area contributed by atoms with Crippen molar-refractivity contribution in [3.8, 4) is 0 Å². The van der Waals surface area contributed by atoms with Gasteiger partial charge in [0.15, 0.2) is 9.84 Å². The summed E-state index contributed by atoms with van der Waals surface area (Å²) in [5.41, 5.74) is 5.62. The highest BCUT2D eigenvalue weighted by atomic mass is 32.2. The maximum Gasteiger partial charge on any atom is 0.222 e. The highest BCUT2D eigenvalue weighted by Gasteiger charge is 2.36. The highest BCUT2D eigenvalue weighted by molar-refractivity contribution is 7.91. The smallest absolute Gasteiger partial charge is 0.222 e. The van der Waals surface area contributed by atoms with Crippen LogP contribution in [0, 0.1) is 0 Å². The van der Waals surface area contributed by atoms with Gasteiger partial charge in [0.1, 0.15) is 0 Å². The minimum atomic E-state index is -2.92. The molecule has 16 heavy (non-hydrogen) atoms. The fraction of sp³-hybridized carbons (Fsp3) is 0.900. The average Bonchev–Trinajstić information content (AvgIpc) is 2.42. The monoisotopic (exact) mass is 246 g/mol. The van der Waals surface area contributed by atoms with Crippen molar-refractivity contribution in [1.29, 1.82) is 0 Å². The zero-order valence-corrected chi connectivity index (χ0v) is 10.1. The number of hydrogen-bond acceptors (Lipinski definition) is 4. The molecule has 0 aromatic heterocycles. The molecule has 5 nitrogen and oxygen atoms in total. The maximum absolute atomic E-state index is 11.6. The summed E-state index contributed by atoms with van der Waals surface area (Å²) >= 11 is 0. The van der Waals surface area contributed by atoms with Gasteiger partial charge < -0.3 is 11.1 Å². The molecule has 6 heteroatoms. The van der Waals surface area contributed by atoms with E-state index in [0.29, 0.717) is 12.8 Å². The number of amides is 1. The summed E-state index contributed by atoms with van der Waals surface area (Å²) in [6, 6.07) is -0.207. The first-order chi connectivity index (χ1) is 7.39. The molecule has 0 bridgehead atoms. The van der Waals surface area contributed by atoms with Gasteiger partial charge in [0, 0.05) is 18.0 Å². The molecule has 1 saturated carbocycles. The van der Waals surface area contributed by atoms with Crippen LogP contribution in [0.4, 0.5) is 0 Å². The van der Waals surface area contributed by atoms with Crippen LogP contribution in [0.3, 0.4) is 0 Å². The molecule has 1 aliphatic carbocycles. The topological polar surface area (TPSA) is 89.3 Å². The molecule has 1 saturated heterocycles. The fourth-order valence-electron chi connectivity index (χ4n) is 2.31. The van der Waals surface area contributed by atoms with Crippen molar-refractivity contribution in [2.24, 2.45) is 5.73 Å². The molecule has 1 unspecified atom stereocenters. The van der Waals surface area contributed by atoms with Crippen LogP contribution in [0.25, 0.3) is 0 Å². The lowest BCUT2D eigenvalue weighted by atomic mass is 9.75. The zero-order valence-electron chi connectivity index (χ0n) is 9.24. The lowest BCUT2D eigenvalue weighted by Crippen LogP contribution is -2.51. The van der Waals surface area contributed by atoms with Crippen LogP contribution >= 0.6 is 0 Å². The van der Waals surface area contributed by atoms with Crippen LogP contribution in [0.1, 0.15) is 32.1 Å². The van der Waals surface area contributed by atoms with E-state index in [1.807, 2.05) is 0 Å². The minimum absolute atomic E-state index is 0.0797. The predicted molar refractivity (Wildman–Crippen MR) is 60.6 cm³/mol. The first-order valence-corrected chi connectivity index (χ1v) is 7.49. The lowest BCUT2D eigenvalue weighted by Gasteiger charge is -2.37. The number of carbonyl (C=O) groups is 1. The van der Waals surface area contributed by atoms with E-state index in [1.165, 1.54) is 0 Å². The second-order valence-corrected chi connectivity index (χ2v) is 7.29. The Morgan fingerprint density at radius 1 is 1.44 bits per heavy atom. The summed E-state index contributed by atoms with van der Waals surface area (Å²) in [7, 11) is -2.92. The number of sulfone groups is 1. The molecule has 2 aliphatic rings. The number of nitrogens with one attached hydrogen (secondary N) is 1. The third-order valence-corrected chi connectivity index (χ3v) is 5.23. The summed E-state index contributed by atoms with van der Waals surface area (Å²) in [6.45, 7) is 0. The Morgan fingerprint density at radius 3 is 2.56 bits per heavy atom. The van der Waals surface area contributed by atoms with Crippen LogP contribution in [-0.4, -0.2) is 37.4 Å². The van der Waals surface area contributed by atoms with Gasteiger partial charge in [-0.25, -0.2) is 8.42 Å². The van der Waals surface area contributed by atoms with E-state index in [9.17, 15) is 13.2 Å². The number of hydrogen-bond donors (Lipinski definition) is 2.